The van der Waals surface area contributed by atoms with Gasteiger partial charge in [-0.2, -0.15) is 0 Å². The van der Waals surface area contributed by atoms with E-state index in [0.717, 1.165) is 17.8 Å². The number of nitrogens with one attached hydrogen (secondary N) is 1. The lowest BCUT2D eigenvalue weighted by molar-refractivity contribution is -0.122. The standard InChI is InChI=1S/C22H28N2O2/c1-14(22-11-15-7-16(12-22)9-17(8-15)13-22)23-19-10-20(25)24(21(19)26)18-5-3-2-4-6-18/h2-6,14-17,19,23H,7-13H2,1H3/t14-,15?,16?,17?,19-,22?/m0/s1. The number of nitrogens with zero attached hydrogens (tertiary/aromatic N) is 1. The first-order valence-electron chi connectivity index (χ1n) is 10.2. The molecule has 1 aromatic carbocycles. The molecule has 2 atom stereocenters. The lowest BCUT2D eigenvalue weighted by Gasteiger charge is -2.59. The largest absolute Gasteiger partial charge is 0.302 e. The van der Waals surface area contributed by atoms with Gasteiger partial charge in [-0.05, 0) is 80.8 Å². The molecule has 0 unspecified atom stereocenters. The van der Waals surface area contributed by atoms with E-state index >= 15 is 0 Å². The minimum absolute atomic E-state index is 0.0854. The van der Waals surface area contributed by atoms with Crippen molar-refractivity contribution >= 4 is 17.5 Å². The highest BCUT2D eigenvalue weighted by Crippen LogP contribution is 2.61. The molecule has 138 valence electrons. The van der Waals surface area contributed by atoms with Gasteiger partial charge in [0.15, 0.2) is 0 Å². The number of rotatable bonds is 4. The van der Waals surface area contributed by atoms with Gasteiger partial charge in [-0.3, -0.25) is 9.59 Å². The fraction of sp³-hybridized carbons (Fsp3) is 0.636. The molecule has 4 nitrogen and oxygen atoms in total. The first kappa shape index (κ1) is 16.5. The SMILES string of the molecule is C[C@H](N[C@H]1CC(=O)N(c2ccccc2)C1=O)C12CC3CC(CC(C3)C1)C2. The summed E-state index contributed by atoms with van der Waals surface area (Å²) in [5, 5.41) is 3.60. The van der Waals surface area contributed by atoms with Gasteiger partial charge in [0, 0.05) is 6.04 Å². The number of carbonyl (C=O) groups excluding carboxylic acids is 2. The Bertz CT molecular complexity index is 694. The minimum Gasteiger partial charge on any atom is -0.302 e. The van der Waals surface area contributed by atoms with Crippen molar-refractivity contribution < 1.29 is 9.59 Å². The summed E-state index contributed by atoms with van der Waals surface area (Å²) in [5.41, 5.74) is 1.03. The number of para-hydroxylation sites is 1. The third-order valence-electron chi connectivity index (χ3n) is 7.62. The van der Waals surface area contributed by atoms with Crippen LogP contribution in [-0.4, -0.2) is 23.9 Å². The Hall–Kier alpha value is -1.68. The summed E-state index contributed by atoms with van der Waals surface area (Å²) in [5.74, 6) is 2.51. The van der Waals surface area contributed by atoms with Gasteiger partial charge in [0.1, 0.15) is 0 Å². The summed E-state index contributed by atoms with van der Waals surface area (Å²) in [6, 6.07) is 9.24. The number of benzene rings is 1. The fourth-order valence-corrected chi connectivity index (χ4v) is 6.80. The van der Waals surface area contributed by atoms with Crippen LogP contribution in [0.15, 0.2) is 30.3 Å². The van der Waals surface area contributed by atoms with E-state index in [-0.39, 0.29) is 24.3 Å². The fourth-order valence-electron chi connectivity index (χ4n) is 6.80. The van der Waals surface area contributed by atoms with Crippen LogP contribution in [0.5, 0.6) is 0 Å². The van der Waals surface area contributed by atoms with E-state index < -0.39 is 0 Å². The topological polar surface area (TPSA) is 49.4 Å². The molecule has 26 heavy (non-hydrogen) atoms. The molecule has 4 saturated carbocycles. The summed E-state index contributed by atoms with van der Waals surface area (Å²) in [4.78, 5) is 26.8. The van der Waals surface area contributed by atoms with Crippen molar-refractivity contribution in [2.45, 2.75) is 64.0 Å². The van der Waals surface area contributed by atoms with Crippen LogP contribution in [0, 0.1) is 23.2 Å². The summed E-state index contributed by atoms with van der Waals surface area (Å²) in [6.45, 7) is 2.26. The average molecular weight is 352 g/mol. The molecule has 1 saturated heterocycles. The highest BCUT2D eigenvalue weighted by Gasteiger charge is 2.54. The predicted molar refractivity (Wildman–Crippen MR) is 101 cm³/mol. The van der Waals surface area contributed by atoms with Crippen molar-refractivity contribution in [3.63, 3.8) is 0 Å². The van der Waals surface area contributed by atoms with E-state index in [9.17, 15) is 9.59 Å². The molecule has 4 bridgehead atoms. The lowest BCUT2D eigenvalue weighted by Crippen LogP contribution is -2.57. The molecule has 5 fully saturated rings. The van der Waals surface area contributed by atoms with Gasteiger partial charge in [-0.15, -0.1) is 0 Å². The van der Waals surface area contributed by atoms with Crippen LogP contribution >= 0.6 is 0 Å². The molecule has 1 aromatic rings. The monoisotopic (exact) mass is 352 g/mol. The van der Waals surface area contributed by atoms with Gasteiger partial charge in [-0.1, -0.05) is 18.2 Å². The van der Waals surface area contributed by atoms with Gasteiger partial charge in [0.05, 0.1) is 18.2 Å². The normalized spacial score (nSPS) is 39.7. The van der Waals surface area contributed by atoms with Crippen molar-refractivity contribution in [2.75, 3.05) is 4.90 Å². The second kappa shape index (κ2) is 5.91. The zero-order valence-corrected chi connectivity index (χ0v) is 15.5. The number of hydrogen-bond donors (Lipinski definition) is 1. The maximum atomic E-state index is 12.9. The number of carbonyl (C=O) groups is 2. The molecule has 5 aliphatic rings. The first-order chi connectivity index (χ1) is 12.5. The second-order valence-electron chi connectivity index (χ2n) is 9.33. The van der Waals surface area contributed by atoms with Crippen LogP contribution in [0.4, 0.5) is 5.69 Å². The van der Waals surface area contributed by atoms with E-state index in [0.29, 0.717) is 17.1 Å². The molecule has 0 aromatic heterocycles. The Morgan fingerprint density at radius 3 is 2.15 bits per heavy atom. The number of amides is 2. The Labute approximate surface area is 155 Å². The Morgan fingerprint density at radius 2 is 1.58 bits per heavy atom. The number of hydrogen-bond acceptors (Lipinski definition) is 3. The molecule has 6 rings (SSSR count). The molecule has 4 aliphatic carbocycles. The van der Waals surface area contributed by atoms with E-state index in [4.69, 9.17) is 0 Å². The van der Waals surface area contributed by atoms with Crippen LogP contribution in [0.3, 0.4) is 0 Å². The Balaban J connectivity index is 1.32. The number of imide groups is 1. The lowest BCUT2D eigenvalue weighted by atomic mass is 9.48. The van der Waals surface area contributed by atoms with E-state index in [1.807, 2.05) is 30.3 Å². The van der Waals surface area contributed by atoms with Gasteiger partial charge in [-0.25, -0.2) is 4.90 Å². The molecule has 1 aliphatic heterocycles. The third kappa shape index (κ3) is 2.53. The van der Waals surface area contributed by atoms with E-state index in [1.165, 1.54) is 43.4 Å². The van der Waals surface area contributed by atoms with Crippen LogP contribution < -0.4 is 10.2 Å². The Kier molecular flexibility index (Phi) is 3.75. The number of anilines is 1. The third-order valence-corrected chi connectivity index (χ3v) is 7.62. The highest BCUT2D eigenvalue weighted by atomic mass is 16.2. The zero-order chi connectivity index (χ0) is 17.9. The van der Waals surface area contributed by atoms with Crippen LogP contribution in [-0.2, 0) is 9.59 Å². The van der Waals surface area contributed by atoms with Crippen molar-refractivity contribution in [2.24, 2.45) is 23.2 Å². The molecule has 4 heteroatoms. The van der Waals surface area contributed by atoms with E-state index in [1.54, 1.807) is 0 Å². The van der Waals surface area contributed by atoms with Gasteiger partial charge in [0.2, 0.25) is 5.91 Å². The molecular weight excluding hydrogens is 324 g/mol. The molecule has 1 heterocycles. The van der Waals surface area contributed by atoms with Crippen molar-refractivity contribution in [3.8, 4) is 0 Å². The summed E-state index contributed by atoms with van der Waals surface area (Å²) in [6.07, 6.45) is 8.49. The average Bonchev–Trinajstić information content (AvgIpc) is 2.88. The summed E-state index contributed by atoms with van der Waals surface area (Å²) in [7, 11) is 0. The van der Waals surface area contributed by atoms with E-state index in [2.05, 4.69) is 12.2 Å². The first-order valence-corrected chi connectivity index (χ1v) is 10.2. The van der Waals surface area contributed by atoms with Crippen molar-refractivity contribution in [1.29, 1.82) is 0 Å². The van der Waals surface area contributed by atoms with Crippen LogP contribution in [0.25, 0.3) is 0 Å². The Morgan fingerprint density at radius 1 is 1.00 bits per heavy atom. The highest BCUT2D eigenvalue weighted by molar-refractivity contribution is 6.22. The zero-order valence-electron chi connectivity index (χ0n) is 15.5. The molecular formula is C22H28N2O2. The molecule has 0 spiro atoms. The van der Waals surface area contributed by atoms with Crippen LogP contribution in [0.2, 0.25) is 0 Å². The minimum atomic E-state index is -0.370. The van der Waals surface area contributed by atoms with Crippen LogP contribution in [0.1, 0.15) is 51.9 Å². The van der Waals surface area contributed by atoms with Crippen molar-refractivity contribution in [3.05, 3.63) is 30.3 Å². The molecule has 0 radical (unpaired) electrons. The van der Waals surface area contributed by atoms with Crippen molar-refractivity contribution in [1.82, 2.24) is 5.32 Å². The van der Waals surface area contributed by atoms with Gasteiger partial charge >= 0.3 is 0 Å². The quantitative estimate of drug-likeness (QED) is 0.844. The summed E-state index contributed by atoms with van der Waals surface area (Å²) >= 11 is 0. The summed E-state index contributed by atoms with van der Waals surface area (Å²) < 4.78 is 0. The molecule has 2 amide bonds. The second-order valence-corrected chi connectivity index (χ2v) is 9.33. The van der Waals surface area contributed by atoms with Gasteiger partial charge < -0.3 is 5.32 Å². The van der Waals surface area contributed by atoms with Gasteiger partial charge in [0.25, 0.3) is 5.91 Å². The smallest absolute Gasteiger partial charge is 0.251 e. The maximum Gasteiger partial charge on any atom is 0.251 e. The molecule has 1 N–H and O–H groups in total. The maximum absolute atomic E-state index is 12.9. The predicted octanol–water partition coefficient (Wildman–Crippen LogP) is 3.51.